The Kier molecular flexibility index (Phi) is 6.18. The van der Waals surface area contributed by atoms with E-state index in [1.807, 2.05) is 13.0 Å². The van der Waals surface area contributed by atoms with Gasteiger partial charge in [-0.15, -0.1) is 11.8 Å². The third-order valence-corrected chi connectivity index (χ3v) is 5.53. The van der Waals surface area contributed by atoms with E-state index in [1.54, 1.807) is 43.6 Å². The minimum Gasteiger partial charge on any atom is -0.497 e. The van der Waals surface area contributed by atoms with Crippen LogP contribution in [0.5, 0.6) is 5.75 Å². The summed E-state index contributed by atoms with van der Waals surface area (Å²) >= 11 is 4.77. The van der Waals surface area contributed by atoms with Crippen LogP contribution < -0.4 is 15.6 Å². The zero-order valence-corrected chi connectivity index (χ0v) is 17.2. The van der Waals surface area contributed by atoms with Crippen molar-refractivity contribution < 1.29 is 9.53 Å². The lowest BCUT2D eigenvalue weighted by molar-refractivity contribution is -0.115. The molecule has 0 bridgehead atoms. The van der Waals surface area contributed by atoms with Crippen LogP contribution in [0.3, 0.4) is 0 Å². The molecule has 6 nitrogen and oxygen atoms in total. The van der Waals surface area contributed by atoms with Crippen LogP contribution in [0.1, 0.15) is 12.6 Å². The van der Waals surface area contributed by atoms with Gasteiger partial charge in [0, 0.05) is 28.2 Å². The summed E-state index contributed by atoms with van der Waals surface area (Å²) < 4.78 is 7.40. The van der Waals surface area contributed by atoms with Crippen molar-refractivity contribution in [2.75, 3.05) is 12.4 Å². The number of ether oxygens (including phenoxy) is 1. The molecule has 1 amide bonds. The lowest BCUT2D eigenvalue weighted by Gasteiger charge is -2.12. The maximum Gasteiger partial charge on any atom is 0.258 e. The molecule has 0 fully saturated rings. The monoisotopic (exact) mass is 447 g/mol. The van der Waals surface area contributed by atoms with Gasteiger partial charge in [-0.05, 0) is 59.3 Å². The zero-order valence-electron chi connectivity index (χ0n) is 14.8. The largest absolute Gasteiger partial charge is 0.497 e. The van der Waals surface area contributed by atoms with E-state index in [2.05, 4.69) is 26.2 Å². The van der Waals surface area contributed by atoms with Crippen molar-refractivity contribution >= 4 is 44.9 Å². The number of fused-ring (bicyclic) bond motifs is 1. The van der Waals surface area contributed by atoms with Crippen LogP contribution in [0.2, 0.25) is 0 Å². The van der Waals surface area contributed by atoms with Crippen LogP contribution in [0.15, 0.2) is 57.9 Å². The maximum atomic E-state index is 12.4. The first-order valence-corrected chi connectivity index (χ1v) is 10.0. The van der Waals surface area contributed by atoms with Gasteiger partial charge in [0.2, 0.25) is 5.91 Å². The van der Waals surface area contributed by atoms with Crippen LogP contribution in [-0.2, 0) is 10.5 Å². The summed E-state index contributed by atoms with van der Waals surface area (Å²) in [7, 11) is 1.60. The van der Waals surface area contributed by atoms with Crippen LogP contribution >= 0.6 is 27.7 Å². The first-order chi connectivity index (χ1) is 13.0. The maximum absolute atomic E-state index is 12.4. The first kappa shape index (κ1) is 19.4. The molecule has 0 saturated carbocycles. The molecular formula is C19H18BrN3O3S. The summed E-state index contributed by atoms with van der Waals surface area (Å²) in [5.41, 5.74) is 1.79. The van der Waals surface area contributed by atoms with Gasteiger partial charge in [0.1, 0.15) is 11.4 Å². The Balaban J connectivity index is 1.63. The molecular weight excluding hydrogens is 430 g/mol. The molecule has 8 heteroatoms. The fraction of sp³-hybridized carbons (Fsp3) is 0.211. The number of nitrogens with zero attached hydrogens (tertiary/aromatic N) is 2. The molecule has 1 N–H and O–H groups in total. The number of hydrogen-bond donors (Lipinski definition) is 1. The van der Waals surface area contributed by atoms with E-state index in [1.165, 1.54) is 22.2 Å². The van der Waals surface area contributed by atoms with Gasteiger partial charge in [-0.1, -0.05) is 0 Å². The SMILES string of the molecule is COc1ccc(NC(=O)[C@@H](C)SCc2cc(=O)n3cc(Br)ccc3n2)cc1. The molecule has 0 spiro atoms. The van der Waals surface area contributed by atoms with Gasteiger partial charge in [-0.3, -0.25) is 14.0 Å². The Labute approximate surface area is 169 Å². The number of methoxy groups -OCH3 is 1. The number of pyridine rings is 1. The average molecular weight is 448 g/mol. The Morgan fingerprint density at radius 2 is 2.04 bits per heavy atom. The second kappa shape index (κ2) is 8.58. The molecule has 0 aliphatic heterocycles. The molecule has 3 rings (SSSR count). The van der Waals surface area contributed by atoms with Gasteiger partial charge in [-0.25, -0.2) is 4.98 Å². The molecule has 0 aliphatic carbocycles. The second-order valence-corrected chi connectivity index (χ2v) is 8.08. The fourth-order valence-electron chi connectivity index (χ4n) is 2.40. The van der Waals surface area contributed by atoms with Crippen molar-refractivity contribution in [3.8, 4) is 5.75 Å². The number of aromatic nitrogens is 2. The molecule has 0 unspecified atom stereocenters. The highest BCUT2D eigenvalue weighted by Crippen LogP contribution is 2.20. The topological polar surface area (TPSA) is 72.7 Å². The van der Waals surface area contributed by atoms with E-state index in [-0.39, 0.29) is 16.7 Å². The van der Waals surface area contributed by atoms with E-state index < -0.39 is 0 Å². The summed E-state index contributed by atoms with van der Waals surface area (Å²) in [6, 6.07) is 12.3. The Hall–Kier alpha value is -2.32. The molecule has 140 valence electrons. The van der Waals surface area contributed by atoms with Gasteiger partial charge < -0.3 is 10.1 Å². The van der Waals surface area contributed by atoms with Crippen molar-refractivity contribution in [2.45, 2.75) is 17.9 Å². The number of anilines is 1. The number of hydrogen-bond acceptors (Lipinski definition) is 5. The number of thioether (sulfide) groups is 1. The van der Waals surface area contributed by atoms with Gasteiger partial charge in [-0.2, -0.15) is 0 Å². The lowest BCUT2D eigenvalue weighted by atomic mass is 10.3. The van der Waals surface area contributed by atoms with Crippen LogP contribution in [0, 0.1) is 0 Å². The van der Waals surface area contributed by atoms with E-state index in [9.17, 15) is 9.59 Å². The van der Waals surface area contributed by atoms with Gasteiger partial charge in [0.25, 0.3) is 5.56 Å². The number of carbonyl (C=O) groups excluding carboxylic acids is 1. The highest BCUT2D eigenvalue weighted by atomic mass is 79.9. The Morgan fingerprint density at radius 1 is 1.30 bits per heavy atom. The minimum absolute atomic E-state index is 0.105. The smallest absolute Gasteiger partial charge is 0.258 e. The molecule has 1 atom stereocenters. The number of benzene rings is 1. The third kappa shape index (κ3) is 4.90. The predicted octanol–water partition coefficient (Wildman–Crippen LogP) is 3.73. The number of nitrogens with one attached hydrogen (secondary N) is 1. The van der Waals surface area contributed by atoms with Gasteiger partial charge >= 0.3 is 0 Å². The average Bonchev–Trinajstić information content (AvgIpc) is 2.67. The summed E-state index contributed by atoms with van der Waals surface area (Å²) in [5.74, 6) is 1.10. The van der Waals surface area contributed by atoms with Crippen LogP contribution in [0.25, 0.3) is 5.65 Å². The number of amides is 1. The Morgan fingerprint density at radius 3 is 2.74 bits per heavy atom. The summed E-state index contributed by atoms with van der Waals surface area (Å²) in [4.78, 5) is 29.1. The molecule has 0 radical (unpaired) electrons. The van der Waals surface area contributed by atoms with E-state index in [4.69, 9.17) is 4.74 Å². The van der Waals surface area contributed by atoms with Crippen molar-refractivity contribution in [1.82, 2.24) is 9.38 Å². The molecule has 27 heavy (non-hydrogen) atoms. The second-order valence-electron chi connectivity index (χ2n) is 5.83. The number of carbonyl (C=O) groups is 1. The Bertz CT molecular complexity index is 1020. The van der Waals surface area contributed by atoms with E-state index >= 15 is 0 Å². The van der Waals surface area contributed by atoms with Gasteiger partial charge in [0.05, 0.1) is 18.1 Å². The van der Waals surface area contributed by atoms with Crippen molar-refractivity contribution in [3.63, 3.8) is 0 Å². The molecule has 0 saturated heterocycles. The summed E-state index contributed by atoms with van der Waals surface area (Å²) in [6.45, 7) is 1.83. The fourth-order valence-corrected chi connectivity index (χ4v) is 3.52. The standard InChI is InChI=1S/C19H18BrN3O3S/c1-12(19(25)22-14-4-6-16(26-2)7-5-14)27-11-15-9-18(24)23-10-13(20)3-8-17(23)21-15/h3-10,12H,11H2,1-2H3,(H,22,25)/t12-/m1/s1. The summed E-state index contributed by atoms with van der Waals surface area (Å²) in [6.07, 6.45) is 1.69. The van der Waals surface area contributed by atoms with Crippen LogP contribution in [-0.4, -0.2) is 27.7 Å². The van der Waals surface area contributed by atoms with Crippen LogP contribution in [0.4, 0.5) is 5.69 Å². The van der Waals surface area contributed by atoms with E-state index in [0.717, 1.165) is 10.2 Å². The predicted molar refractivity (Wildman–Crippen MR) is 112 cm³/mol. The highest BCUT2D eigenvalue weighted by molar-refractivity contribution is 9.10. The third-order valence-electron chi connectivity index (χ3n) is 3.88. The molecule has 0 aliphatic rings. The van der Waals surface area contributed by atoms with E-state index in [0.29, 0.717) is 22.8 Å². The number of halogens is 1. The summed E-state index contributed by atoms with van der Waals surface area (Å²) in [5, 5.41) is 2.58. The van der Waals surface area contributed by atoms with Crippen molar-refractivity contribution in [2.24, 2.45) is 0 Å². The number of rotatable bonds is 6. The molecule has 3 aromatic rings. The first-order valence-electron chi connectivity index (χ1n) is 8.20. The lowest BCUT2D eigenvalue weighted by Crippen LogP contribution is -2.23. The molecule has 2 heterocycles. The van der Waals surface area contributed by atoms with Crippen molar-refractivity contribution in [3.05, 3.63) is 69.2 Å². The zero-order chi connectivity index (χ0) is 19.4. The van der Waals surface area contributed by atoms with Crippen molar-refractivity contribution in [1.29, 1.82) is 0 Å². The normalized spacial score (nSPS) is 12.0. The molecule has 1 aromatic carbocycles. The van der Waals surface area contributed by atoms with Gasteiger partial charge in [0.15, 0.2) is 0 Å². The molecule has 2 aromatic heterocycles. The highest BCUT2D eigenvalue weighted by Gasteiger charge is 2.15. The quantitative estimate of drug-likeness (QED) is 0.622. The minimum atomic E-state index is -0.294.